The van der Waals surface area contributed by atoms with E-state index in [0.29, 0.717) is 0 Å². The zero-order valence-electron chi connectivity index (χ0n) is 9.35. The van der Waals surface area contributed by atoms with Crippen LogP contribution in [0.25, 0.3) is 0 Å². The quantitative estimate of drug-likeness (QED) is 0.804. The van der Waals surface area contributed by atoms with E-state index in [1.807, 2.05) is 0 Å². The summed E-state index contributed by atoms with van der Waals surface area (Å²) in [5, 5.41) is 11.3. The highest BCUT2D eigenvalue weighted by atomic mass is 19.2. The highest BCUT2D eigenvalue weighted by Gasteiger charge is 2.32. The van der Waals surface area contributed by atoms with Crippen molar-refractivity contribution in [1.29, 1.82) is 0 Å². The van der Waals surface area contributed by atoms with Crippen molar-refractivity contribution in [1.82, 2.24) is 0 Å². The summed E-state index contributed by atoms with van der Waals surface area (Å²) < 4.78 is 38.9. The number of nitrogens with one attached hydrogen (secondary N) is 1. The minimum absolute atomic E-state index is 0.154. The van der Waals surface area contributed by atoms with Gasteiger partial charge in [-0.05, 0) is 25.5 Å². The van der Waals surface area contributed by atoms with E-state index < -0.39 is 29.0 Å². The molecule has 6 heteroatoms. The monoisotopic (exact) mass is 247 g/mol. The molecule has 0 aliphatic carbocycles. The van der Waals surface area contributed by atoms with Gasteiger partial charge in [-0.3, -0.25) is 0 Å². The average Bonchev–Trinajstić information content (AvgIpc) is 2.29. The number of carboxylic acid groups (broad SMARTS) is 1. The van der Waals surface area contributed by atoms with Crippen molar-refractivity contribution in [3.8, 4) is 0 Å². The normalized spacial score (nSPS) is 14.2. The Kier molecular flexibility index (Phi) is 3.65. The molecule has 0 aliphatic rings. The molecule has 0 amide bonds. The Morgan fingerprint density at radius 1 is 1.35 bits per heavy atom. The molecular formula is C11H12F3NO2. The number of carboxylic acids is 1. The lowest BCUT2D eigenvalue weighted by Gasteiger charge is -2.26. The van der Waals surface area contributed by atoms with Crippen LogP contribution in [0.15, 0.2) is 12.1 Å². The molecule has 17 heavy (non-hydrogen) atoms. The fourth-order valence-electron chi connectivity index (χ4n) is 1.21. The smallest absolute Gasteiger partial charge is 0.329 e. The van der Waals surface area contributed by atoms with Crippen LogP contribution in [0.4, 0.5) is 18.9 Å². The lowest BCUT2D eigenvalue weighted by atomic mass is 9.98. The summed E-state index contributed by atoms with van der Waals surface area (Å²) in [6, 6.07) is 1.70. The van der Waals surface area contributed by atoms with Gasteiger partial charge in [-0.2, -0.15) is 0 Å². The molecule has 0 aliphatic heterocycles. The van der Waals surface area contributed by atoms with Crippen molar-refractivity contribution in [2.45, 2.75) is 25.8 Å². The van der Waals surface area contributed by atoms with Crippen molar-refractivity contribution in [2.24, 2.45) is 0 Å². The molecule has 1 rings (SSSR count). The van der Waals surface area contributed by atoms with Crippen LogP contribution < -0.4 is 5.32 Å². The van der Waals surface area contributed by atoms with Gasteiger partial charge in [0.15, 0.2) is 17.5 Å². The molecule has 2 N–H and O–H groups in total. The van der Waals surface area contributed by atoms with Gasteiger partial charge in [0.05, 0.1) is 5.69 Å². The number of rotatable bonds is 4. The van der Waals surface area contributed by atoms with Gasteiger partial charge < -0.3 is 10.4 Å². The van der Waals surface area contributed by atoms with Crippen LogP contribution in [0, 0.1) is 17.5 Å². The second-order valence-corrected chi connectivity index (χ2v) is 3.84. The van der Waals surface area contributed by atoms with Gasteiger partial charge in [0, 0.05) is 0 Å². The maximum absolute atomic E-state index is 13.3. The average molecular weight is 247 g/mol. The van der Waals surface area contributed by atoms with Crippen LogP contribution in [0.3, 0.4) is 0 Å². The molecular weight excluding hydrogens is 235 g/mol. The van der Waals surface area contributed by atoms with E-state index in [4.69, 9.17) is 5.11 Å². The fourth-order valence-corrected chi connectivity index (χ4v) is 1.21. The molecule has 0 heterocycles. The molecule has 0 saturated heterocycles. The summed E-state index contributed by atoms with van der Waals surface area (Å²) in [7, 11) is 0. The number of halogens is 3. The second-order valence-electron chi connectivity index (χ2n) is 3.84. The Morgan fingerprint density at radius 3 is 2.41 bits per heavy atom. The van der Waals surface area contributed by atoms with Crippen molar-refractivity contribution < 1.29 is 23.1 Å². The summed E-state index contributed by atoms with van der Waals surface area (Å²) in [6.07, 6.45) is 0.154. The minimum Gasteiger partial charge on any atom is -0.480 e. The molecule has 1 aromatic carbocycles. The van der Waals surface area contributed by atoms with Crippen molar-refractivity contribution in [2.75, 3.05) is 5.32 Å². The third kappa shape index (κ3) is 2.51. The molecule has 94 valence electrons. The lowest BCUT2D eigenvalue weighted by molar-refractivity contribution is -0.141. The number of benzene rings is 1. The highest BCUT2D eigenvalue weighted by Crippen LogP contribution is 2.24. The molecule has 0 radical (unpaired) electrons. The number of carbonyl (C=O) groups is 1. The fraction of sp³-hybridized carbons (Fsp3) is 0.364. The van der Waals surface area contributed by atoms with Crippen LogP contribution in [0.2, 0.25) is 0 Å². The first-order chi connectivity index (χ1) is 7.81. The number of hydrogen-bond acceptors (Lipinski definition) is 2. The highest BCUT2D eigenvalue weighted by molar-refractivity contribution is 5.82. The van der Waals surface area contributed by atoms with Crippen LogP contribution in [-0.4, -0.2) is 16.6 Å². The number of hydrogen-bond donors (Lipinski definition) is 2. The van der Waals surface area contributed by atoms with E-state index in [0.717, 1.165) is 12.1 Å². The molecule has 0 spiro atoms. The standard InChI is InChI=1S/C11H12F3NO2/c1-3-11(2,10(16)17)15-7-5-4-6(12)8(13)9(7)14/h4-5,15H,3H2,1-2H3,(H,16,17). The van der Waals surface area contributed by atoms with Gasteiger partial charge in [-0.1, -0.05) is 6.92 Å². The van der Waals surface area contributed by atoms with E-state index in [9.17, 15) is 18.0 Å². The maximum Gasteiger partial charge on any atom is 0.329 e. The Bertz CT molecular complexity index is 451. The summed E-state index contributed by atoms with van der Waals surface area (Å²) >= 11 is 0. The third-order valence-electron chi connectivity index (χ3n) is 2.62. The SMILES string of the molecule is CCC(C)(Nc1ccc(F)c(F)c1F)C(=O)O. The first-order valence-electron chi connectivity index (χ1n) is 4.97. The molecule has 1 atom stereocenters. The maximum atomic E-state index is 13.3. The predicted octanol–water partition coefficient (Wildman–Crippen LogP) is 2.77. The van der Waals surface area contributed by atoms with Crippen LogP contribution >= 0.6 is 0 Å². The summed E-state index contributed by atoms with van der Waals surface area (Å²) in [5.74, 6) is -5.57. The third-order valence-corrected chi connectivity index (χ3v) is 2.62. The largest absolute Gasteiger partial charge is 0.480 e. The van der Waals surface area contributed by atoms with E-state index in [2.05, 4.69) is 5.32 Å². The summed E-state index contributed by atoms with van der Waals surface area (Å²) in [5.41, 5.74) is -1.82. The second kappa shape index (κ2) is 4.65. The first kappa shape index (κ1) is 13.3. The van der Waals surface area contributed by atoms with Gasteiger partial charge in [0.1, 0.15) is 5.54 Å². The van der Waals surface area contributed by atoms with Gasteiger partial charge >= 0.3 is 5.97 Å². The molecule has 0 saturated carbocycles. The first-order valence-corrected chi connectivity index (χ1v) is 4.97. The zero-order valence-corrected chi connectivity index (χ0v) is 9.35. The zero-order chi connectivity index (χ0) is 13.2. The van der Waals surface area contributed by atoms with Gasteiger partial charge in [-0.25, -0.2) is 18.0 Å². The minimum atomic E-state index is -1.63. The van der Waals surface area contributed by atoms with E-state index >= 15 is 0 Å². The summed E-state index contributed by atoms with van der Waals surface area (Å²) in [6.45, 7) is 2.91. The van der Waals surface area contributed by atoms with E-state index in [-0.39, 0.29) is 12.1 Å². The van der Waals surface area contributed by atoms with Crippen molar-refractivity contribution >= 4 is 11.7 Å². The van der Waals surface area contributed by atoms with Gasteiger partial charge in [0.25, 0.3) is 0 Å². The molecule has 0 bridgehead atoms. The molecule has 0 fully saturated rings. The topological polar surface area (TPSA) is 49.3 Å². The Labute approximate surface area is 96.3 Å². The molecule has 3 nitrogen and oxygen atoms in total. The van der Waals surface area contributed by atoms with E-state index in [1.165, 1.54) is 6.92 Å². The van der Waals surface area contributed by atoms with Crippen molar-refractivity contribution in [3.63, 3.8) is 0 Å². The molecule has 1 unspecified atom stereocenters. The van der Waals surface area contributed by atoms with E-state index in [1.54, 1.807) is 6.92 Å². The van der Waals surface area contributed by atoms with Crippen LogP contribution in [0.1, 0.15) is 20.3 Å². The Morgan fingerprint density at radius 2 is 1.94 bits per heavy atom. The number of aliphatic carboxylic acids is 1. The van der Waals surface area contributed by atoms with Gasteiger partial charge in [0.2, 0.25) is 0 Å². The van der Waals surface area contributed by atoms with Gasteiger partial charge in [-0.15, -0.1) is 0 Å². The van der Waals surface area contributed by atoms with Crippen LogP contribution in [0.5, 0.6) is 0 Å². The Balaban J connectivity index is 3.11. The molecule has 0 aromatic heterocycles. The van der Waals surface area contributed by atoms with Crippen molar-refractivity contribution in [3.05, 3.63) is 29.6 Å². The number of anilines is 1. The summed E-state index contributed by atoms with van der Waals surface area (Å²) in [4.78, 5) is 11.0. The van der Waals surface area contributed by atoms with Crippen LogP contribution in [-0.2, 0) is 4.79 Å². The molecule has 1 aromatic rings. The lowest BCUT2D eigenvalue weighted by Crippen LogP contribution is -2.43. The predicted molar refractivity (Wildman–Crippen MR) is 56.3 cm³/mol. The Hall–Kier alpha value is -1.72.